The van der Waals surface area contributed by atoms with Gasteiger partial charge in [0.05, 0.1) is 11.5 Å². The van der Waals surface area contributed by atoms with Gasteiger partial charge in [-0.1, -0.05) is 32.4 Å². The van der Waals surface area contributed by atoms with Gasteiger partial charge in [0.1, 0.15) is 6.10 Å². The first kappa shape index (κ1) is 26.6. The summed E-state index contributed by atoms with van der Waals surface area (Å²) >= 11 is 0. The molecule has 0 saturated heterocycles. The third kappa shape index (κ3) is 4.04. The Morgan fingerprint density at radius 3 is 2.54 bits per heavy atom. The predicted molar refractivity (Wildman–Crippen MR) is 141 cm³/mol. The Balaban J connectivity index is 1.42. The Morgan fingerprint density at radius 1 is 1.16 bits per heavy atom. The highest BCUT2D eigenvalue weighted by Gasteiger charge is 2.68. The fourth-order valence-corrected chi connectivity index (χ4v) is 9.68. The highest BCUT2D eigenvalue weighted by Crippen LogP contribution is 2.71. The molecule has 0 aliphatic heterocycles. The molecule has 0 radical (unpaired) electrons. The number of rotatable bonds is 5. The molecular weight excluding hydrogens is 466 g/mol. The molecule has 37 heavy (non-hydrogen) atoms. The molecule has 0 spiro atoms. The number of Topliss-reactive ketones (excluding diaryl/α,β-unsaturated/α-hetero) is 1. The normalized spacial score (nSPS) is 43.3. The second-order valence-corrected chi connectivity index (χ2v) is 13.5. The minimum Gasteiger partial charge on any atom is -0.462 e. The first-order valence-corrected chi connectivity index (χ1v) is 14.4. The van der Waals surface area contributed by atoms with Crippen molar-refractivity contribution in [1.29, 1.82) is 0 Å². The van der Waals surface area contributed by atoms with Gasteiger partial charge >= 0.3 is 5.97 Å². The summed E-state index contributed by atoms with van der Waals surface area (Å²) in [6.07, 6.45) is 9.58. The van der Waals surface area contributed by atoms with Gasteiger partial charge in [-0.25, -0.2) is 0 Å². The van der Waals surface area contributed by atoms with Crippen LogP contribution in [0, 0.1) is 40.4 Å². The van der Waals surface area contributed by atoms with Gasteiger partial charge in [-0.3, -0.25) is 14.4 Å². The van der Waals surface area contributed by atoms with Crippen LogP contribution in [0.4, 0.5) is 0 Å². The van der Waals surface area contributed by atoms with Crippen molar-refractivity contribution in [2.45, 2.75) is 105 Å². The van der Waals surface area contributed by atoms with E-state index >= 15 is 0 Å². The van der Waals surface area contributed by atoms with Crippen LogP contribution in [0.5, 0.6) is 0 Å². The van der Waals surface area contributed by atoms with Crippen molar-refractivity contribution in [2.24, 2.45) is 40.4 Å². The highest BCUT2D eigenvalue weighted by molar-refractivity contribution is 6.02. The molecule has 2 N–H and O–H groups in total. The summed E-state index contributed by atoms with van der Waals surface area (Å²) in [7, 11) is 0. The zero-order chi connectivity index (χ0) is 26.9. The number of hydrogen-bond donors (Lipinski definition) is 2. The SMILES string of the molecule is CC(=O)NC[C@H](C)C[C@@H]1C(=O)C(C)=C2[C@]1(O)C[C@H]1[C@@H]3CC=C4C[C@@H](OC(C)=O)CC[C@]4(C)[C@H]3CC[C@]21C. The van der Waals surface area contributed by atoms with E-state index in [2.05, 4.69) is 32.2 Å². The van der Waals surface area contributed by atoms with E-state index in [1.165, 1.54) is 19.4 Å². The number of ketones is 1. The van der Waals surface area contributed by atoms with Crippen LogP contribution in [0.25, 0.3) is 0 Å². The van der Waals surface area contributed by atoms with Crippen LogP contribution in [0.15, 0.2) is 22.8 Å². The Kier molecular flexibility index (Phi) is 6.53. The maximum atomic E-state index is 13.5. The summed E-state index contributed by atoms with van der Waals surface area (Å²) in [5.74, 6) is 0.935. The number of nitrogens with one attached hydrogen (secondary N) is 1. The van der Waals surface area contributed by atoms with Crippen molar-refractivity contribution in [3.63, 3.8) is 0 Å². The highest BCUT2D eigenvalue weighted by atomic mass is 16.5. The fraction of sp³-hybridized carbons (Fsp3) is 0.774. The molecule has 5 aliphatic carbocycles. The smallest absolute Gasteiger partial charge is 0.302 e. The third-order valence-corrected chi connectivity index (χ3v) is 11.3. The number of ether oxygens (including phenoxy) is 1. The van der Waals surface area contributed by atoms with Crippen molar-refractivity contribution in [1.82, 2.24) is 5.32 Å². The number of fused-ring (bicyclic) bond motifs is 7. The van der Waals surface area contributed by atoms with Gasteiger partial charge in [0.15, 0.2) is 5.78 Å². The van der Waals surface area contributed by atoms with E-state index in [1.54, 1.807) is 0 Å². The first-order chi connectivity index (χ1) is 17.3. The monoisotopic (exact) mass is 511 g/mol. The van der Waals surface area contributed by atoms with E-state index < -0.39 is 11.5 Å². The van der Waals surface area contributed by atoms with Gasteiger partial charge in [0.25, 0.3) is 0 Å². The number of aliphatic hydroxyl groups is 1. The lowest BCUT2D eigenvalue weighted by Gasteiger charge is -2.57. The Bertz CT molecular complexity index is 1080. The lowest BCUT2D eigenvalue weighted by Crippen LogP contribution is -2.49. The van der Waals surface area contributed by atoms with Gasteiger partial charge in [-0.15, -0.1) is 0 Å². The zero-order valence-corrected chi connectivity index (χ0v) is 23.5. The van der Waals surface area contributed by atoms with Crippen molar-refractivity contribution >= 4 is 17.7 Å². The average Bonchev–Trinajstić information content (AvgIpc) is 3.17. The van der Waals surface area contributed by atoms with Crippen molar-refractivity contribution in [3.05, 3.63) is 22.8 Å². The number of carbonyl (C=O) groups excluding carboxylic acids is 3. The summed E-state index contributed by atoms with van der Waals surface area (Å²) in [6.45, 7) is 12.3. The maximum Gasteiger partial charge on any atom is 0.302 e. The molecular formula is C31H45NO5. The molecule has 0 aromatic heterocycles. The molecule has 5 aliphatic rings. The Morgan fingerprint density at radius 2 is 1.86 bits per heavy atom. The van der Waals surface area contributed by atoms with Gasteiger partial charge in [0.2, 0.25) is 5.91 Å². The minimum absolute atomic E-state index is 0.00663. The molecule has 6 heteroatoms. The number of allylic oxidation sites excluding steroid dienone is 2. The van der Waals surface area contributed by atoms with E-state index in [4.69, 9.17) is 4.74 Å². The quantitative estimate of drug-likeness (QED) is 0.405. The Hall–Kier alpha value is -1.95. The van der Waals surface area contributed by atoms with Crippen LogP contribution in [0.3, 0.4) is 0 Å². The van der Waals surface area contributed by atoms with Crippen LogP contribution >= 0.6 is 0 Å². The molecule has 0 unspecified atom stereocenters. The molecule has 0 heterocycles. The van der Waals surface area contributed by atoms with E-state index in [0.29, 0.717) is 37.1 Å². The van der Waals surface area contributed by atoms with Crippen LogP contribution in [0.2, 0.25) is 0 Å². The molecule has 6 nitrogen and oxygen atoms in total. The van der Waals surface area contributed by atoms with Gasteiger partial charge in [-0.2, -0.15) is 0 Å². The number of hydrogen-bond acceptors (Lipinski definition) is 5. The Labute approximate surface area is 221 Å². The maximum absolute atomic E-state index is 13.5. The lowest BCUT2D eigenvalue weighted by atomic mass is 9.47. The van der Waals surface area contributed by atoms with E-state index in [-0.39, 0.29) is 40.5 Å². The number of carbonyl (C=O) groups is 3. The predicted octanol–water partition coefficient (Wildman–Crippen LogP) is 4.90. The second kappa shape index (κ2) is 9.07. The largest absolute Gasteiger partial charge is 0.462 e. The minimum atomic E-state index is -1.07. The van der Waals surface area contributed by atoms with Gasteiger partial charge in [-0.05, 0) is 97.5 Å². The van der Waals surface area contributed by atoms with E-state index in [1.807, 2.05) is 6.92 Å². The summed E-state index contributed by atoms with van der Waals surface area (Å²) in [5, 5.41) is 15.2. The third-order valence-electron chi connectivity index (χ3n) is 11.3. The molecule has 5 rings (SSSR count). The molecule has 3 saturated carbocycles. The molecule has 3 fully saturated rings. The van der Waals surface area contributed by atoms with Crippen molar-refractivity contribution in [3.8, 4) is 0 Å². The second-order valence-electron chi connectivity index (χ2n) is 13.5. The lowest BCUT2D eigenvalue weighted by molar-refractivity contribution is -0.148. The van der Waals surface area contributed by atoms with Gasteiger partial charge in [0, 0.05) is 26.8 Å². The van der Waals surface area contributed by atoms with Crippen molar-refractivity contribution < 1.29 is 24.2 Å². The molecule has 0 aromatic carbocycles. The molecule has 204 valence electrons. The van der Waals surface area contributed by atoms with E-state index in [0.717, 1.165) is 49.7 Å². The molecule has 1 amide bonds. The van der Waals surface area contributed by atoms with Gasteiger partial charge < -0.3 is 15.2 Å². The summed E-state index contributed by atoms with van der Waals surface area (Å²) in [6, 6.07) is 0. The number of esters is 1. The van der Waals surface area contributed by atoms with Crippen LogP contribution in [-0.2, 0) is 19.1 Å². The molecule has 9 atom stereocenters. The summed E-state index contributed by atoms with van der Waals surface area (Å²) < 4.78 is 5.59. The fourth-order valence-electron chi connectivity index (χ4n) is 9.68. The molecule has 0 aromatic rings. The summed E-state index contributed by atoms with van der Waals surface area (Å²) in [4.78, 5) is 36.5. The first-order valence-electron chi connectivity index (χ1n) is 14.4. The average molecular weight is 512 g/mol. The van der Waals surface area contributed by atoms with Crippen LogP contribution in [-0.4, -0.2) is 41.0 Å². The standard InChI is InChI=1S/C31H45NO5/c1-17(16-32-19(3)33)13-25-27(35)18(2)28-30(6)12-10-24-23(26(30)15-31(25,28)36)8-7-21-14-22(37-20(4)34)9-11-29(21,24)5/h7,17,22-26,36H,8-16H2,1-6H3,(H,32,33)/t17-,22+,23-,24+,25-,26+,29+,30+,31+/m1/s1. The van der Waals surface area contributed by atoms with Crippen LogP contribution in [0.1, 0.15) is 92.9 Å². The molecule has 0 bridgehead atoms. The van der Waals surface area contributed by atoms with Crippen LogP contribution < -0.4 is 5.32 Å². The number of amides is 1. The van der Waals surface area contributed by atoms with Crippen molar-refractivity contribution in [2.75, 3.05) is 6.54 Å². The van der Waals surface area contributed by atoms with E-state index in [9.17, 15) is 19.5 Å². The summed E-state index contributed by atoms with van der Waals surface area (Å²) in [5.41, 5.74) is 2.18. The topological polar surface area (TPSA) is 92.7 Å². The zero-order valence-electron chi connectivity index (χ0n) is 23.5.